The third kappa shape index (κ3) is 4.04. The zero-order chi connectivity index (χ0) is 15.4. The lowest BCUT2D eigenvalue weighted by Crippen LogP contribution is -2.36. The van der Waals surface area contributed by atoms with Gasteiger partial charge in [0.1, 0.15) is 11.6 Å². The van der Waals surface area contributed by atoms with Gasteiger partial charge in [-0.05, 0) is 44.5 Å². The Labute approximate surface area is 132 Å². The van der Waals surface area contributed by atoms with Gasteiger partial charge < -0.3 is 10.2 Å². The predicted octanol–water partition coefficient (Wildman–Crippen LogP) is 2.82. The number of anilines is 1. The van der Waals surface area contributed by atoms with Crippen LogP contribution in [0.5, 0.6) is 0 Å². The van der Waals surface area contributed by atoms with Crippen molar-refractivity contribution in [3.8, 4) is 0 Å². The van der Waals surface area contributed by atoms with E-state index in [1.807, 2.05) is 18.3 Å². The molecule has 0 amide bonds. The van der Waals surface area contributed by atoms with Crippen LogP contribution in [0, 0.1) is 5.92 Å². The van der Waals surface area contributed by atoms with Crippen molar-refractivity contribution < 1.29 is 0 Å². The first kappa shape index (κ1) is 15.0. The lowest BCUT2D eigenvalue weighted by atomic mass is 10.1. The van der Waals surface area contributed by atoms with E-state index in [1.54, 1.807) is 0 Å². The number of nitrogens with one attached hydrogen (secondary N) is 1. The van der Waals surface area contributed by atoms with Crippen LogP contribution in [0.25, 0.3) is 0 Å². The summed E-state index contributed by atoms with van der Waals surface area (Å²) in [5, 5.41) is 3.48. The average Bonchev–Trinajstić information content (AvgIpc) is 3.33. The van der Waals surface area contributed by atoms with Crippen molar-refractivity contribution in [3.05, 3.63) is 54.0 Å². The van der Waals surface area contributed by atoms with Gasteiger partial charge in [-0.25, -0.2) is 9.97 Å². The van der Waals surface area contributed by atoms with Gasteiger partial charge in [0.2, 0.25) is 0 Å². The Kier molecular flexibility index (Phi) is 4.68. The smallest absolute Gasteiger partial charge is 0.135 e. The zero-order valence-corrected chi connectivity index (χ0v) is 13.4. The molecule has 0 bridgehead atoms. The molecule has 4 heteroatoms. The van der Waals surface area contributed by atoms with Gasteiger partial charge in [0.05, 0.1) is 0 Å². The van der Waals surface area contributed by atoms with Crippen LogP contribution in [0.15, 0.2) is 42.6 Å². The van der Waals surface area contributed by atoms with Gasteiger partial charge in [-0.15, -0.1) is 0 Å². The first-order chi connectivity index (χ1) is 10.7. The van der Waals surface area contributed by atoms with Gasteiger partial charge in [-0.1, -0.05) is 30.3 Å². The van der Waals surface area contributed by atoms with E-state index < -0.39 is 0 Å². The number of rotatable bonds is 7. The fourth-order valence-electron chi connectivity index (χ4n) is 2.82. The van der Waals surface area contributed by atoms with Crippen LogP contribution < -0.4 is 5.32 Å². The van der Waals surface area contributed by atoms with E-state index >= 15 is 0 Å². The third-order valence-electron chi connectivity index (χ3n) is 4.23. The second kappa shape index (κ2) is 6.88. The lowest BCUT2D eigenvalue weighted by molar-refractivity contribution is 0.276. The highest BCUT2D eigenvalue weighted by Crippen LogP contribution is 2.34. The highest BCUT2D eigenvalue weighted by Gasteiger charge is 2.32. The minimum atomic E-state index is 0.590. The molecule has 1 atom stereocenters. The molecule has 2 aromatic rings. The first-order valence-corrected chi connectivity index (χ1v) is 7.98. The van der Waals surface area contributed by atoms with E-state index in [9.17, 15) is 0 Å². The summed E-state index contributed by atoms with van der Waals surface area (Å²) in [6.45, 7) is 0.944. The quantitative estimate of drug-likeness (QED) is 0.853. The first-order valence-electron chi connectivity index (χ1n) is 7.98. The minimum absolute atomic E-state index is 0.590. The van der Waals surface area contributed by atoms with E-state index in [0.29, 0.717) is 6.04 Å². The lowest BCUT2D eigenvalue weighted by Gasteiger charge is -2.24. The van der Waals surface area contributed by atoms with Crippen LogP contribution in [0.1, 0.15) is 24.2 Å². The molecule has 0 aliphatic heterocycles. The predicted molar refractivity (Wildman–Crippen MR) is 90.0 cm³/mol. The van der Waals surface area contributed by atoms with Crippen molar-refractivity contribution >= 4 is 5.82 Å². The summed E-state index contributed by atoms with van der Waals surface area (Å²) in [4.78, 5) is 11.3. The largest absolute Gasteiger partial charge is 0.368 e. The Balaban J connectivity index is 1.61. The Hall–Kier alpha value is -1.94. The molecule has 1 aliphatic carbocycles. The van der Waals surface area contributed by atoms with Crippen LogP contribution in [-0.4, -0.2) is 41.5 Å². The van der Waals surface area contributed by atoms with Gasteiger partial charge in [-0.3, -0.25) is 0 Å². The highest BCUT2D eigenvalue weighted by molar-refractivity contribution is 5.34. The van der Waals surface area contributed by atoms with Crippen LogP contribution in [0.3, 0.4) is 0 Å². The standard InChI is InChI=1S/C18H24N4/c1-22(2)16(15-8-9-15)13-20-17-10-11-19-18(21-17)12-14-6-4-3-5-7-14/h3-7,10-11,15-16H,8-9,12-13H2,1-2H3,(H,19,20,21). The van der Waals surface area contributed by atoms with Gasteiger partial charge in [0.15, 0.2) is 0 Å². The fraction of sp³-hybridized carbons (Fsp3) is 0.444. The minimum Gasteiger partial charge on any atom is -0.368 e. The summed E-state index contributed by atoms with van der Waals surface area (Å²) in [7, 11) is 4.32. The van der Waals surface area contributed by atoms with Crippen LogP contribution >= 0.6 is 0 Å². The molecule has 1 aromatic carbocycles. The second-order valence-electron chi connectivity index (χ2n) is 6.27. The van der Waals surface area contributed by atoms with E-state index in [4.69, 9.17) is 0 Å². The molecule has 1 unspecified atom stereocenters. The summed E-state index contributed by atoms with van der Waals surface area (Å²) < 4.78 is 0. The van der Waals surface area contributed by atoms with Gasteiger partial charge >= 0.3 is 0 Å². The van der Waals surface area contributed by atoms with E-state index in [1.165, 1.54) is 18.4 Å². The van der Waals surface area contributed by atoms with Crippen molar-refractivity contribution in [2.45, 2.75) is 25.3 Å². The molecule has 3 rings (SSSR count). The average molecular weight is 296 g/mol. The molecule has 4 nitrogen and oxygen atoms in total. The molecule has 0 saturated heterocycles. The topological polar surface area (TPSA) is 41.0 Å². The normalized spacial score (nSPS) is 15.8. The fourth-order valence-corrected chi connectivity index (χ4v) is 2.82. The summed E-state index contributed by atoms with van der Waals surface area (Å²) in [6, 6.07) is 12.9. The molecule has 1 aromatic heterocycles. The van der Waals surface area contributed by atoms with Gasteiger partial charge in [-0.2, -0.15) is 0 Å². The maximum Gasteiger partial charge on any atom is 0.135 e. The molecule has 1 saturated carbocycles. The van der Waals surface area contributed by atoms with Crippen LogP contribution in [0.2, 0.25) is 0 Å². The zero-order valence-electron chi connectivity index (χ0n) is 13.4. The monoisotopic (exact) mass is 296 g/mol. The summed E-state index contributed by atoms with van der Waals surface area (Å²) in [5.74, 6) is 2.63. The van der Waals surface area contributed by atoms with Crippen LogP contribution in [0.4, 0.5) is 5.82 Å². The van der Waals surface area contributed by atoms with E-state index in [-0.39, 0.29) is 0 Å². The van der Waals surface area contributed by atoms with Crippen molar-refractivity contribution in [2.24, 2.45) is 5.92 Å². The molecule has 1 fully saturated rings. The maximum absolute atomic E-state index is 4.64. The second-order valence-corrected chi connectivity index (χ2v) is 6.27. The number of hydrogen-bond acceptors (Lipinski definition) is 4. The van der Waals surface area contributed by atoms with E-state index in [0.717, 1.165) is 30.5 Å². The molecular formula is C18H24N4. The van der Waals surface area contributed by atoms with Crippen LogP contribution in [-0.2, 0) is 6.42 Å². The number of nitrogens with zero attached hydrogens (tertiary/aromatic N) is 3. The molecule has 0 radical (unpaired) electrons. The maximum atomic E-state index is 4.64. The number of benzene rings is 1. The Bertz CT molecular complexity index is 591. The Morgan fingerprint density at radius 3 is 2.64 bits per heavy atom. The van der Waals surface area contributed by atoms with E-state index in [2.05, 4.69) is 58.5 Å². The third-order valence-corrected chi connectivity index (χ3v) is 4.23. The Morgan fingerprint density at radius 1 is 1.18 bits per heavy atom. The molecule has 1 N–H and O–H groups in total. The van der Waals surface area contributed by atoms with Crippen molar-refractivity contribution in [3.63, 3.8) is 0 Å². The summed E-state index contributed by atoms with van der Waals surface area (Å²) >= 11 is 0. The molecule has 116 valence electrons. The summed E-state index contributed by atoms with van der Waals surface area (Å²) in [5.41, 5.74) is 1.24. The molecule has 1 heterocycles. The SMILES string of the molecule is CN(C)C(CNc1ccnc(Cc2ccccc2)n1)C1CC1. The Morgan fingerprint density at radius 2 is 1.95 bits per heavy atom. The van der Waals surface area contributed by atoms with Gasteiger partial charge in [0.25, 0.3) is 0 Å². The summed E-state index contributed by atoms with van der Waals surface area (Å²) in [6.07, 6.45) is 5.33. The molecule has 0 spiro atoms. The van der Waals surface area contributed by atoms with Gasteiger partial charge in [0, 0.05) is 25.2 Å². The van der Waals surface area contributed by atoms with Crippen molar-refractivity contribution in [1.29, 1.82) is 0 Å². The number of hydrogen-bond donors (Lipinski definition) is 1. The van der Waals surface area contributed by atoms with Crippen molar-refractivity contribution in [2.75, 3.05) is 26.0 Å². The number of likely N-dealkylation sites (N-methyl/N-ethyl adjacent to an activating group) is 1. The molecule has 1 aliphatic rings. The number of aromatic nitrogens is 2. The molecular weight excluding hydrogens is 272 g/mol. The highest BCUT2D eigenvalue weighted by atomic mass is 15.1. The molecule has 22 heavy (non-hydrogen) atoms. The van der Waals surface area contributed by atoms with Crippen molar-refractivity contribution in [1.82, 2.24) is 14.9 Å².